The molecule has 12 aromatic rings. The van der Waals surface area contributed by atoms with E-state index in [-0.39, 0.29) is 0 Å². The minimum absolute atomic E-state index is 0.672. The Bertz CT molecular complexity index is 3490. The quantitative estimate of drug-likeness (QED) is 0.161. The van der Waals surface area contributed by atoms with Crippen LogP contribution in [0.25, 0.3) is 119 Å². The molecule has 0 spiro atoms. The van der Waals surface area contributed by atoms with Gasteiger partial charge in [0.05, 0.1) is 11.4 Å². The number of hydrogen-bond acceptors (Lipinski definition) is 5. The Balaban J connectivity index is 1.07. The summed E-state index contributed by atoms with van der Waals surface area (Å²) in [7, 11) is 0. The number of fused-ring (bicyclic) bond motifs is 6. The van der Waals surface area contributed by atoms with E-state index in [0.717, 1.165) is 72.6 Å². The van der Waals surface area contributed by atoms with Crippen LogP contribution in [0.1, 0.15) is 0 Å². The van der Waals surface area contributed by atoms with E-state index in [1.165, 1.54) is 40.3 Å². The van der Waals surface area contributed by atoms with E-state index in [4.69, 9.17) is 9.97 Å². The zero-order chi connectivity index (χ0) is 41.0. The minimum atomic E-state index is 0.672. The summed E-state index contributed by atoms with van der Waals surface area (Å²) in [6, 6.07) is 72.0. The smallest absolute Gasteiger partial charge is 0.160 e. The second-order valence-electron chi connectivity index (χ2n) is 15.6. The van der Waals surface area contributed by atoms with Gasteiger partial charge in [0, 0.05) is 69.4 Å². The van der Waals surface area contributed by atoms with Crippen molar-refractivity contribution in [3.05, 3.63) is 213 Å². The van der Waals surface area contributed by atoms with Crippen molar-refractivity contribution >= 4 is 63.0 Å². The van der Waals surface area contributed by atoms with E-state index in [1.54, 1.807) is 6.20 Å². The molecule has 290 valence electrons. The van der Waals surface area contributed by atoms with Crippen LogP contribution in [0, 0.1) is 0 Å². The second-order valence-corrected chi connectivity index (χ2v) is 17.8. The summed E-state index contributed by atoms with van der Waals surface area (Å²) in [6.07, 6.45) is 3.71. The van der Waals surface area contributed by atoms with Crippen LogP contribution in [0.4, 0.5) is 0 Å². The lowest BCUT2D eigenvalue weighted by Crippen LogP contribution is -1.97. The van der Waals surface area contributed by atoms with Crippen molar-refractivity contribution in [2.45, 2.75) is 0 Å². The molecule has 0 radical (unpaired) electrons. The fourth-order valence-corrected chi connectivity index (χ4v) is 10.8. The average molecular weight is 826 g/mol. The van der Waals surface area contributed by atoms with Gasteiger partial charge in [-0.2, -0.15) is 0 Å². The molecular weight excluding hydrogens is 791 g/mol. The molecule has 0 atom stereocenters. The third-order valence-electron chi connectivity index (χ3n) is 11.8. The zero-order valence-electron chi connectivity index (χ0n) is 33.4. The molecule has 8 aromatic carbocycles. The molecule has 4 heterocycles. The number of aromatic nitrogens is 3. The molecule has 3 nitrogen and oxygen atoms in total. The molecule has 0 unspecified atom stereocenters. The number of benzene rings is 8. The highest BCUT2D eigenvalue weighted by Crippen LogP contribution is 2.41. The Labute approximate surface area is 366 Å². The first-order valence-electron chi connectivity index (χ1n) is 20.7. The molecule has 0 fully saturated rings. The molecule has 0 saturated carbocycles. The normalized spacial score (nSPS) is 11.5. The van der Waals surface area contributed by atoms with Crippen LogP contribution < -0.4 is 0 Å². The maximum absolute atomic E-state index is 5.42. The van der Waals surface area contributed by atoms with Gasteiger partial charge in [0.2, 0.25) is 0 Å². The third-order valence-corrected chi connectivity index (χ3v) is 14.1. The van der Waals surface area contributed by atoms with Crippen LogP contribution >= 0.6 is 22.7 Å². The lowest BCUT2D eigenvalue weighted by Gasteiger charge is -2.14. The van der Waals surface area contributed by atoms with Gasteiger partial charge in [-0.15, -0.1) is 22.7 Å². The summed E-state index contributed by atoms with van der Waals surface area (Å²) >= 11 is 3.69. The van der Waals surface area contributed by atoms with Crippen molar-refractivity contribution in [3.8, 4) is 78.4 Å². The van der Waals surface area contributed by atoms with E-state index >= 15 is 0 Å². The summed E-state index contributed by atoms with van der Waals surface area (Å²) in [4.78, 5) is 15.2. The zero-order valence-corrected chi connectivity index (χ0v) is 35.0. The third kappa shape index (κ3) is 6.65. The fourth-order valence-electron chi connectivity index (χ4n) is 8.63. The van der Waals surface area contributed by atoms with Crippen molar-refractivity contribution < 1.29 is 0 Å². The van der Waals surface area contributed by atoms with Crippen LogP contribution in [0.3, 0.4) is 0 Å². The van der Waals surface area contributed by atoms with Gasteiger partial charge in [-0.3, -0.25) is 4.98 Å². The van der Waals surface area contributed by atoms with Crippen molar-refractivity contribution in [2.24, 2.45) is 0 Å². The van der Waals surface area contributed by atoms with Gasteiger partial charge in [0.15, 0.2) is 5.82 Å². The molecule has 62 heavy (non-hydrogen) atoms. The average Bonchev–Trinajstić information content (AvgIpc) is 3.92. The molecular formula is C57H35N3S2. The van der Waals surface area contributed by atoms with Crippen LogP contribution in [0.2, 0.25) is 0 Å². The largest absolute Gasteiger partial charge is 0.264 e. The standard InChI is InChI=1S/C57H35N3S2/c1-2-10-36(11-3-1)39-12-8-13-42(28-39)52-34-51(38-21-19-37(20-22-38)43-14-9-27-58-35-43)59-57(60-52)46-30-44(40-23-25-55-49(32-40)47-15-4-6-17-53(47)61-55)29-45(31-46)41-24-26-56-50(33-41)48-16-5-7-18-54(48)62-56/h1-35H. The first kappa shape index (κ1) is 36.3. The highest BCUT2D eigenvalue weighted by molar-refractivity contribution is 7.26. The molecule has 0 bridgehead atoms. The van der Waals surface area contributed by atoms with Gasteiger partial charge in [-0.1, -0.05) is 127 Å². The van der Waals surface area contributed by atoms with Crippen molar-refractivity contribution in [1.82, 2.24) is 15.0 Å². The number of hydrogen-bond donors (Lipinski definition) is 0. The SMILES string of the molecule is c1ccc(-c2cccc(-c3cc(-c4ccc(-c5cccnc5)cc4)nc(-c4cc(-c5ccc6sc7ccccc7c6c5)cc(-c5ccc6sc7ccccc7c6c5)c4)n3)c2)cc1. The minimum Gasteiger partial charge on any atom is -0.264 e. The van der Waals surface area contributed by atoms with Crippen LogP contribution in [0.5, 0.6) is 0 Å². The van der Waals surface area contributed by atoms with E-state index in [0.29, 0.717) is 5.82 Å². The van der Waals surface area contributed by atoms with Gasteiger partial charge in [0.1, 0.15) is 0 Å². The molecule has 0 amide bonds. The Morgan fingerprint density at radius 1 is 0.274 bits per heavy atom. The fraction of sp³-hybridized carbons (Fsp3) is 0. The van der Waals surface area contributed by atoms with Crippen molar-refractivity contribution in [2.75, 3.05) is 0 Å². The summed E-state index contributed by atoms with van der Waals surface area (Å²) in [5, 5.41) is 5.12. The molecule has 0 saturated heterocycles. The summed E-state index contributed by atoms with van der Waals surface area (Å²) in [5.41, 5.74) is 13.8. The Morgan fingerprint density at radius 3 is 1.39 bits per heavy atom. The van der Waals surface area contributed by atoms with Gasteiger partial charge in [-0.05, 0) is 117 Å². The van der Waals surface area contributed by atoms with Crippen molar-refractivity contribution in [3.63, 3.8) is 0 Å². The highest BCUT2D eigenvalue weighted by Gasteiger charge is 2.17. The van der Waals surface area contributed by atoms with E-state index in [9.17, 15) is 0 Å². The van der Waals surface area contributed by atoms with Gasteiger partial charge in [-0.25, -0.2) is 9.97 Å². The number of pyridine rings is 1. The Morgan fingerprint density at radius 2 is 0.742 bits per heavy atom. The first-order chi connectivity index (χ1) is 30.7. The van der Waals surface area contributed by atoms with Crippen LogP contribution in [0.15, 0.2) is 213 Å². The van der Waals surface area contributed by atoms with Gasteiger partial charge >= 0.3 is 0 Å². The second kappa shape index (κ2) is 15.2. The highest BCUT2D eigenvalue weighted by atomic mass is 32.1. The van der Waals surface area contributed by atoms with Crippen molar-refractivity contribution in [1.29, 1.82) is 0 Å². The molecule has 0 aliphatic carbocycles. The lowest BCUT2D eigenvalue weighted by molar-refractivity contribution is 1.18. The summed E-state index contributed by atoms with van der Waals surface area (Å²) < 4.78 is 5.17. The first-order valence-corrected chi connectivity index (χ1v) is 22.3. The maximum Gasteiger partial charge on any atom is 0.160 e. The monoisotopic (exact) mass is 825 g/mol. The van der Waals surface area contributed by atoms with E-state index < -0.39 is 0 Å². The maximum atomic E-state index is 5.42. The predicted octanol–water partition coefficient (Wildman–Crippen LogP) is 16.3. The molecule has 0 N–H and O–H groups in total. The van der Waals surface area contributed by atoms with Gasteiger partial charge in [0.25, 0.3) is 0 Å². The van der Waals surface area contributed by atoms with Crippen LogP contribution in [-0.2, 0) is 0 Å². The van der Waals surface area contributed by atoms with Crippen LogP contribution in [-0.4, -0.2) is 15.0 Å². The Hall–Kier alpha value is -7.57. The molecule has 0 aliphatic rings. The number of nitrogens with zero attached hydrogens (tertiary/aromatic N) is 3. The number of rotatable bonds is 7. The molecule has 12 rings (SSSR count). The summed E-state index contributed by atoms with van der Waals surface area (Å²) in [6.45, 7) is 0. The predicted molar refractivity (Wildman–Crippen MR) is 264 cm³/mol. The van der Waals surface area contributed by atoms with Gasteiger partial charge < -0.3 is 0 Å². The number of thiophene rings is 2. The molecule has 5 heteroatoms. The Kier molecular flexibility index (Phi) is 8.87. The molecule has 4 aromatic heterocycles. The topological polar surface area (TPSA) is 38.7 Å². The molecule has 0 aliphatic heterocycles. The van der Waals surface area contributed by atoms with E-state index in [2.05, 4.69) is 199 Å². The van der Waals surface area contributed by atoms with E-state index in [1.807, 2.05) is 34.9 Å². The summed E-state index contributed by atoms with van der Waals surface area (Å²) in [5.74, 6) is 0.672. The lowest BCUT2D eigenvalue weighted by atomic mass is 9.94.